The first kappa shape index (κ1) is 10.7. The molecular formula is C9H13NO2. The van der Waals surface area contributed by atoms with Crippen molar-refractivity contribution in [2.45, 2.75) is 0 Å². The number of allylic oxidation sites excluding steroid dienone is 2. The fourth-order valence-corrected chi connectivity index (χ4v) is 0.484. The van der Waals surface area contributed by atoms with Crippen LogP contribution in [0.25, 0.3) is 0 Å². The number of carbonyl (C=O) groups is 1. The van der Waals surface area contributed by atoms with Crippen molar-refractivity contribution in [3.05, 3.63) is 37.0 Å². The molecule has 0 radical (unpaired) electrons. The predicted molar refractivity (Wildman–Crippen MR) is 48.5 cm³/mol. The Morgan fingerprint density at radius 2 is 2.25 bits per heavy atom. The molecule has 0 aliphatic carbocycles. The van der Waals surface area contributed by atoms with Crippen LogP contribution in [0.4, 0.5) is 0 Å². The fourth-order valence-electron chi connectivity index (χ4n) is 0.484. The minimum Gasteiger partial charge on any atom is -0.460 e. The molecule has 3 nitrogen and oxygen atoms in total. The lowest BCUT2D eigenvalue weighted by Crippen LogP contribution is -2.17. The van der Waals surface area contributed by atoms with E-state index in [1.54, 1.807) is 18.2 Å². The van der Waals surface area contributed by atoms with E-state index in [2.05, 4.69) is 13.2 Å². The number of esters is 1. The molecule has 0 atom stereocenters. The molecule has 0 rings (SSSR count). The summed E-state index contributed by atoms with van der Waals surface area (Å²) in [6.45, 7) is 7.22. The lowest BCUT2D eigenvalue weighted by molar-refractivity contribution is -0.140. The maximum atomic E-state index is 10.6. The third-order valence-electron chi connectivity index (χ3n) is 1.05. The highest BCUT2D eigenvalue weighted by Crippen LogP contribution is 1.94. The first-order valence-electron chi connectivity index (χ1n) is 3.53. The van der Waals surface area contributed by atoms with Crippen LogP contribution >= 0.6 is 0 Å². The first-order valence-corrected chi connectivity index (χ1v) is 3.53. The minimum absolute atomic E-state index is 0.0988. The Balaban J connectivity index is 3.64. The number of hydrogen-bond donors (Lipinski definition) is 1. The molecule has 0 amide bonds. The highest BCUT2D eigenvalue weighted by molar-refractivity contribution is 5.71. The van der Waals surface area contributed by atoms with Crippen molar-refractivity contribution >= 4 is 5.97 Å². The Morgan fingerprint density at radius 3 is 2.75 bits per heavy atom. The van der Waals surface area contributed by atoms with E-state index in [4.69, 9.17) is 10.5 Å². The number of rotatable bonds is 5. The third-order valence-corrected chi connectivity index (χ3v) is 1.05. The van der Waals surface area contributed by atoms with Crippen LogP contribution in [0.1, 0.15) is 0 Å². The van der Waals surface area contributed by atoms with E-state index < -0.39 is 5.97 Å². The zero-order chi connectivity index (χ0) is 9.40. The third kappa shape index (κ3) is 5.44. The summed E-state index contributed by atoms with van der Waals surface area (Å²) in [5.41, 5.74) is 5.73. The summed E-state index contributed by atoms with van der Waals surface area (Å²) in [7, 11) is 0. The summed E-state index contributed by atoms with van der Waals surface area (Å²) < 4.78 is 4.70. The molecule has 0 saturated heterocycles. The van der Waals surface area contributed by atoms with Gasteiger partial charge in [0.05, 0.1) is 6.54 Å². The SMILES string of the molecule is C=C/C=C\C(=C)COC(=O)CN. The van der Waals surface area contributed by atoms with Gasteiger partial charge in [-0.3, -0.25) is 4.79 Å². The topological polar surface area (TPSA) is 52.3 Å². The largest absolute Gasteiger partial charge is 0.460 e. The zero-order valence-electron chi connectivity index (χ0n) is 6.95. The van der Waals surface area contributed by atoms with Gasteiger partial charge in [0.25, 0.3) is 0 Å². The van der Waals surface area contributed by atoms with Crippen LogP contribution in [0, 0.1) is 0 Å². The second-order valence-corrected chi connectivity index (χ2v) is 2.12. The van der Waals surface area contributed by atoms with Crippen molar-refractivity contribution in [3.63, 3.8) is 0 Å². The molecule has 0 unspecified atom stereocenters. The van der Waals surface area contributed by atoms with E-state index in [0.29, 0.717) is 5.57 Å². The van der Waals surface area contributed by atoms with E-state index in [9.17, 15) is 4.79 Å². The van der Waals surface area contributed by atoms with Crippen molar-refractivity contribution in [2.75, 3.05) is 13.2 Å². The van der Waals surface area contributed by atoms with Crippen molar-refractivity contribution in [1.82, 2.24) is 0 Å². The second kappa shape index (κ2) is 6.37. The number of carbonyl (C=O) groups excluding carboxylic acids is 1. The van der Waals surface area contributed by atoms with Crippen molar-refractivity contribution in [3.8, 4) is 0 Å². The molecule has 12 heavy (non-hydrogen) atoms. The molecule has 2 N–H and O–H groups in total. The van der Waals surface area contributed by atoms with Crippen molar-refractivity contribution in [2.24, 2.45) is 5.73 Å². The molecule has 0 aliphatic heterocycles. The Morgan fingerprint density at radius 1 is 1.58 bits per heavy atom. The van der Waals surface area contributed by atoms with E-state index >= 15 is 0 Å². The Bertz CT molecular complexity index is 207. The maximum Gasteiger partial charge on any atom is 0.320 e. The van der Waals surface area contributed by atoms with Gasteiger partial charge in [-0.1, -0.05) is 31.4 Å². The van der Waals surface area contributed by atoms with Gasteiger partial charge >= 0.3 is 5.97 Å². The van der Waals surface area contributed by atoms with Gasteiger partial charge in [0.2, 0.25) is 0 Å². The molecule has 0 heterocycles. The summed E-state index contributed by atoms with van der Waals surface area (Å²) in [6, 6.07) is 0. The van der Waals surface area contributed by atoms with Crippen LogP contribution in [0.2, 0.25) is 0 Å². The van der Waals surface area contributed by atoms with Gasteiger partial charge in [0.15, 0.2) is 0 Å². The van der Waals surface area contributed by atoms with E-state index in [1.807, 2.05) is 0 Å². The molecule has 0 aliphatic rings. The standard InChI is InChI=1S/C9H13NO2/c1-3-4-5-8(2)7-12-9(11)6-10/h3-5H,1-2,6-7,10H2/b5-4-. The first-order chi connectivity index (χ1) is 5.70. The molecule has 66 valence electrons. The average molecular weight is 167 g/mol. The lowest BCUT2D eigenvalue weighted by Gasteiger charge is -2.01. The summed E-state index contributed by atoms with van der Waals surface area (Å²) in [5, 5.41) is 0. The number of hydrogen-bond acceptors (Lipinski definition) is 3. The van der Waals surface area contributed by atoms with Gasteiger partial charge in [0.1, 0.15) is 6.61 Å². The molecule has 0 saturated carbocycles. The lowest BCUT2D eigenvalue weighted by atomic mass is 10.3. The van der Waals surface area contributed by atoms with Crippen LogP contribution in [-0.2, 0) is 9.53 Å². The minimum atomic E-state index is -0.428. The summed E-state index contributed by atoms with van der Waals surface area (Å²) in [4.78, 5) is 10.6. The molecule has 3 heteroatoms. The normalized spacial score (nSPS) is 9.75. The predicted octanol–water partition coefficient (Wildman–Crippen LogP) is 0.787. The molecule has 0 bridgehead atoms. The van der Waals surface area contributed by atoms with Gasteiger partial charge in [0, 0.05) is 0 Å². The second-order valence-electron chi connectivity index (χ2n) is 2.12. The Labute approximate surface area is 72.2 Å². The Kier molecular flexibility index (Phi) is 5.65. The molecule has 0 aromatic rings. The molecule has 0 fully saturated rings. The van der Waals surface area contributed by atoms with Crippen LogP contribution in [-0.4, -0.2) is 19.1 Å². The maximum absolute atomic E-state index is 10.6. The van der Waals surface area contributed by atoms with E-state index in [1.165, 1.54) is 0 Å². The van der Waals surface area contributed by atoms with Gasteiger partial charge in [-0.15, -0.1) is 0 Å². The summed E-state index contributed by atoms with van der Waals surface area (Å²) in [5.74, 6) is -0.428. The molecule has 0 aromatic heterocycles. The van der Waals surface area contributed by atoms with Crippen LogP contribution < -0.4 is 5.73 Å². The van der Waals surface area contributed by atoms with Gasteiger partial charge < -0.3 is 10.5 Å². The summed E-state index contributed by atoms with van der Waals surface area (Å²) >= 11 is 0. The van der Waals surface area contributed by atoms with Gasteiger partial charge in [-0.25, -0.2) is 0 Å². The van der Waals surface area contributed by atoms with E-state index in [-0.39, 0.29) is 13.2 Å². The average Bonchev–Trinajstić information content (AvgIpc) is 2.10. The fraction of sp³-hybridized carbons (Fsp3) is 0.222. The molecule has 0 aromatic carbocycles. The van der Waals surface area contributed by atoms with E-state index in [0.717, 1.165) is 0 Å². The van der Waals surface area contributed by atoms with Crippen LogP contribution in [0.5, 0.6) is 0 Å². The monoisotopic (exact) mass is 167 g/mol. The van der Waals surface area contributed by atoms with Crippen molar-refractivity contribution in [1.29, 1.82) is 0 Å². The van der Waals surface area contributed by atoms with Crippen LogP contribution in [0.15, 0.2) is 37.0 Å². The number of ether oxygens (including phenoxy) is 1. The smallest absolute Gasteiger partial charge is 0.320 e. The quantitative estimate of drug-likeness (QED) is 0.486. The van der Waals surface area contributed by atoms with Gasteiger partial charge in [-0.05, 0) is 5.57 Å². The van der Waals surface area contributed by atoms with Gasteiger partial charge in [-0.2, -0.15) is 0 Å². The summed E-state index contributed by atoms with van der Waals surface area (Å²) in [6.07, 6.45) is 5.06. The highest BCUT2D eigenvalue weighted by atomic mass is 16.5. The highest BCUT2D eigenvalue weighted by Gasteiger charge is 1.97. The zero-order valence-corrected chi connectivity index (χ0v) is 6.95. The van der Waals surface area contributed by atoms with Crippen molar-refractivity contribution < 1.29 is 9.53 Å². The molecule has 0 spiro atoms. The number of nitrogens with two attached hydrogens (primary N) is 1. The molecular weight excluding hydrogens is 154 g/mol. The Hall–Kier alpha value is -1.35. The van der Waals surface area contributed by atoms with Crippen LogP contribution in [0.3, 0.4) is 0 Å².